The van der Waals surface area contributed by atoms with Gasteiger partial charge in [-0.2, -0.15) is 0 Å². The van der Waals surface area contributed by atoms with Crippen molar-refractivity contribution in [2.24, 2.45) is 5.11 Å². The summed E-state index contributed by atoms with van der Waals surface area (Å²) in [6.45, 7) is 1.44. The minimum Gasteiger partial charge on any atom is -0.450 e. The van der Waals surface area contributed by atoms with Crippen LogP contribution in [0.3, 0.4) is 0 Å². The third kappa shape index (κ3) is 4.30. The number of azide groups is 1. The van der Waals surface area contributed by atoms with E-state index < -0.39 is 17.8 Å². The molecule has 0 heterocycles. The maximum absolute atomic E-state index is 9.88. The van der Waals surface area contributed by atoms with Crippen molar-refractivity contribution in [3.8, 4) is 0 Å². The van der Waals surface area contributed by atoms with Crippen molar-refractivity contribution in [2.75, 3.05) is 0 Å². The van der Waals surface area contributed by atoms with Gasteiger partial charge < -0.3 is 9.84 Å². The van der Waals surface area contributed by atoms with Gasteiger partial charge in [-0.1, -0.05) is 23.6 Å². The van der Waals surface area contributed by atoms with Gasteiger partial charge in [0.05, 0.1) is 6.04 Å². The average molecular weight is 180 g/mol. The van der Waals surface area contributed by atoms with Gasteiger partial charge in [-0.3, -0.25) is 0 Å². The second-order valence-electron chi connectivity index (χ2n) is 1.68. The molecule has 0 saturated heterocycles. The third-order valence-corrected chi connectivity index (χ3v) is 1.28. The van der Waals surface area contributed by atoms with Crippen LogP contribution >= 0.6 is 11.6 Å². The normalized spacial score (nSPS) is 14.4. The standard InChI is InChI=1S/C4H6ClN3O3/c1-2(7-8-6)3(5)11-4(9)10/h2-3H,1H3,(H,9,10). The molecule has 2 atom stereocenters. The molecule has 2 unspecified atom stereocenters. The van der Waals surface area contributed by atoms with E-state index in [2.05, 4.69) is 14.8 Å². The van der Waals surface area contributed by atoms with Crippen molar-refractivity contribution in [2.45, 2.75) is 18.5 Å². The summed E-state index contributed by atoms with van der Waals surface area (Å²) >= 11 is 5.34. The SMILES string of the molecule is CC(N=[N+]=[N-])C(Cl)OC(=O)O. The monoisotopic (exact) mass is 179 g/mol. The molecule has 1 N–H and O–H groups in total. The molecule has 0 aliphatic carbocycles. The molecule has 0 aliphatic rings. The lowest BCUT2D eigenvalue weighted by Crippen LogP contribution is -2.20. The lowest BCUT2D eigenvalue weighted by molar-refractivity contribution is 0.0738. The minimum atomic E-state index is -1.50. The van der Waals surface area contributed by atoms with Gasteiger partial charge in [-0.25, -0.2) is 4.79 Å². The molecule has 0 rings (SSSR count). The molecule has 7 heteroatoms. The Balaban J connectivity index is 3.91. The molecule has 0 saturated carbocycles. The van der Waals surface area contributed by atoms with Gasteiger partial charge in [0.15, 0.2) is 5.56 Å². The molecule has 6 nitrogen and oxygen atoms in total. The Morgan fingerprint density at radius 2 is 2.45 bits per heavy atom. The number of carbonyl (C=O) groups is 1. The van der Waals surface area contributed by atoms with Gasteiger partial charge in [-0.05, 0) is 5.53 Å². The number of ether oxygens (including phenoxy) is 1. The minimum absolute atomic E-state index is 0.710. The van der Waals surface area contributed by atoms with Gasteiger partial charge in [0, 0.05) is 4.91 Å². The molecule has 0 aromatic heterocycles. The molecule has 0 spiro atoms. The number of rotatable bonds is 3. The predicted octanol–water partition coefficient (Wildman–Crippen LogP) is 1.94. The first-order chi connectivity index (χ1) is 5.07. The maximum Gasteiger partial charge on any atom is 0.507 e. The van der Waals surface area contributed by atoms with Crippen LogP contribution in [-0.4, -0.2) is 22.9 Å². The Kier molecular flexibility index (Phi) is 4.17. The van der Waals surface area contributed by atoms with E-state index in [0.717, 1.165) is 0 Å². The van der Waals surface area contributed by atoms with Crippen molar-refractivity contribution in [3.05, 3.63) is 10.4 Å². The van der Waals surface area contributed by atoms with Crippen molar-refractivity contribution < 1.29 is 14.6 Å². The van der Waals surface area contributed by atoms with Crippen LogP contribution in [-0.2, 0) is 4.74 Å². The first-order valence-electron chi connectivity index (χ1n) is 2.65. The molecule has 11 heavy (non-hydrogen) atoms. The summed E-state index contributed by atoms with van der Waals surface area (Å²) in [7, 11) is 0. The third-order valence-electron chi connectivity index (χ3n) is 0.826. The van der Waals surface area contributed by atoms with Crippen LogP contribution in [0.25, 0.3) is 10.4 Å². The highest BCUT2D eigenvalue weighted by Crippen LogP contribution is 2.08. The zero-order valence-electron chi connectivity index (χ0n) is 5.64. The van der Waals surface area contributed by atoms with Crippen LogP contribution in [0.15, 0.2) is 5.11 Å². The number of alkyl halides is 1. The highest BCUT2D eigenvalue weighted by molar-refractivity contribution is 6.20. The molecule has 0 aromatic carbocycles. The number of hydrogen-bond acceptors (Lipinski definition) is 3. The number of hydrogen-bond donors (Lipinski definition) is 1. The Morgan fingerprint density at radius 1 is 1.91 bits per heavy atom. The molecular weight excluding hydrogens is 174 g/mol. The summed E-state index contributed by atoms with van der Waals surface area (Å²) in [6.07, 6.45) is -1.50. The van der Waals surface area contributed by atoms with E-state index in [4.69, 9.17) is 22.2 Å². The fraction of sp³-hybridized carbons (Fsp3) is 0.750. The summed E-state index contributed by atoms with van der Waals surface area (Å²) < 4.78 is 4.08. The van der Waals surface area contributed by atoms with Crippen LogP contribution in [0.2, 0.25) is 0 Å². The molecule has 0 bridgehead atoms. The zero-order chi connectivity index (χ0) is 8.85. The Bertz CT molecular complexity index is 191. The predicted molar refractivity (Wildman–Crippen MR) is 37.4 cm³/mol. The summed E-state index contributed by atoms with van der Waals surface area (Å²) in [4.78, 5) is 12.3. The largest absolute Gasteiger partial charge is 0.507 e. The smallest absolute Gasteiger partial charge is 0.450 e. The fourth-order valence-electron chi connectivity index (χ4n) is 0.329. The second kappa shape index (κ2) is 4.65. The molecule has 0 radical (unpaired) electrons. The van der Waals surface area contributed by atoms with Gasteiger partial charge in [0.25, 0.3) is 0 Å². The van der Waals surface area contributed by atoms with Crippen LogP contribution in [0, 0.1) is 0 Å². The Morgan fingerprint density at radius 3 is 2.82 bits per heavy atom. The Hall–Kier alpha value is -1.13. The van der Waals surface area contributed by atoms with Gasteiger partial charge in [0.1, 0.15) is 0 Å². The summed E-state index contributed by atoms with van der Waals surface area (Å²) in [5.41, 5.74) is 6.78. The van der Waals surface area contributed by atoms with Crippen LogP contribution in [0.5, 0.6) is 0 Å². The zero-order valence-corrected chi connectivity index (χ0v) is 6.39. The molecule has 0 fully saturated rings. The van der Waals surface area contributed by atoms with Crippen molar-refractivity contribution >= 4 is 17.8 Å². The number of nitrogens with zero attached hydrogens (tertiary/aromatic N) is 3. The number of carboxylic acid groups (broad SMARTS) is 1. The van der Waals surface area contributed by atoms with Gasteiger partial charge in [-0.15, -0.1) is 0 Å². The number of halogens is 1. The lowest BCUT2D eigenvalue weighted by Gasteiger charge is -2.10. The second-order valence-corrected chi connectivity index (χ2v) is 2.11. The molecule has 0 aliphatic heterocycles. The van der Waals surface area contributed by atoms with E-state index in [1.807, 2.05) is 0 Å². The molecule has 62 valence electrons. The van der Waals surface area contributed by atoms with E-state index in [-0.39, 0.29) is 0 Å². The maximum atomic E-state index is 9.88. The van der Waals surface area contributed by atoms with Crippen LogP contribution < -0.4 is 0 Å². The highest BCUT2D eigenvalue weighted by atomic mass is 35.5. The Labute approximate surface area is 67.3 Å². The molecule has 0 aromatic rings. The van der Waals surface area contributed by atoms with Gasteiger partial charge in [0.2, 0.25) is 0 Å². The highest BCUT2D eigenvalue weighted by Gasteiger charge is 2.16. The van der Waals surface area contributed by atoms with Gasteiger partial charge >= 0.3 is 6.16 Å². The van der Waals surface area contributed by atoms with Crippen molar-refractivity contribution in [3.63, 3.8) is 0 Å². The van der Waals surface area contributed by atoms with E-state index in [9.17, 15) is 4.79 Å². The first kappa shape index (κ1) is 9.87. The first-order valence-corrected chi connectivity index (χ1v) is 3.09. The summed E-state index contributed by atoms with van der Waals surface area (Å²) in [5.74, 6) is 0. The summed E-state index contributed by atoms with van der Waals surface area (Å²) in [5, 5.41) is 11.2. The lowest BCUT2D eigenvalue weighted by atomic mass is 10.4. The van der Waals surface area contributed by atoms with E-state index in [1.54, 1.807) is 0 Å². The quantitative estimate of drug-likeness (QED) is 0.236. The van der Waals surface area contributed by atoms with Crippen LogP contribution in [0.1, 0.15) is 6.92 Å². The van der Waals surface area contributed by atoms with E-state index in [0.29, 0.717) is 0 Å². The topological polar surface area (TPSA) is 95.3 Å². The average Bonchev–Trinajstić information content (AvgIpc) is 1.86. The fourth-order valence-corrected chi connectivity index (χ4v) is 0.455. The summed E-state index contributed by atoms with van der Waals surface area (Å²) in [6, 6.07) is -0.710. The molecule has 0 amide bonds. The van der Waals surface area contributed by atoms with E-state index in [1.165, 1.54) is 6.92 Å². The van der Waals surface area contributed by atoms with E-state index >= 15 is 0 Å². The van der Waals surface area contributed by atoms with Crippen molar-refractivity contribution in [1.82, 2.24) is 0 Å². The van der Waals surface area contributed by atoms with Crippen LogP contribution in [0.4, 0.5) is 4.79 Å². The molecular formula is C4H6ClN3O3. The van der Waals surface area contributed by atoms with Crippen molar-refractivity contribution in [1.29, 1.82) is 0 Å².